The molecule has 0 saturated heterocycles. The minimum atomic E-state index is -3.64. The van der Waals surface area contributed by atoms with Gasteiger partial charge in [0.15, 0.2) is 0 Å². The fourth-order valence-electron chi connectivity index (χ4n) is 3.26. The van der Waals surface area contributed by atoms with E-state index in [9.17, 15) is 8.42 Å². The Morgan fingerprint density at radius 1 is 0.840 bits per heavy atom. The number of methoxy groups -OCH3 is 1. The summed E-state index contributed by atoms with van der Waals surface area (Å²) in [6, 6.07) is 7.33. The smallest absolute Gasteiger partial charge is 0.241 e. The number of benzene rings is 2. The molecule has 2 rings (SSSR count). The Balaban J connectivity index is 2.41. The van der Waals surface area contributed by atoms with Crippen molar-refractivity contribution in [2.45, 2.75) is 52.5 Å². The SMILES string of the molecule is COc1cc(C)c(S(=O)(=O)N[C@H](C)c2cc(C)c(C)cc2C)c(C)c1. The summed E-state index contributed by atoms with van der Waals surface area (Å²) in [6.07, 6.45) is 0. The van der Waals surface area contributed by atoms with Gasteiger partial charge in [-0.15, -0.1) is 0 Å². The van der Waals surface area contributed by atoms with Gasteiger partial charge in [0.1, 0.15) is 5.75 Å². The first kappa shape index (κ1) is 19.5. The molecule has 25 heavy (non-hydrogen) atoms. The Bertz CT molecular complexity index is 878. The number of sulfonamides is 1. The second-order valence-corrected chi connectivity index (χ2v) is 8.38. The summed E-state index contributed by atoms with van der Waals surface area (Å²) in [4.78, 5) is 0.321. The van der Waals surface area contributed by atoms with Gasteiger partial charge in [-0.1, -0.05) is 12.1 Å². The van der Waals surface area contributed by atoms with E-state index in [4.69, 9.17) is 4.74 Å². The number of ether oxygens (including phenoxy) is 1. The van der Waals surface area contributed by atoms with E-state index < -0.39 is 10.0 Å². The average Bonchev–Trinajstić information content (AvgIpc) is 2.49. The van der Waals surface area contributed by atoms with Crippen LogP contribution >= 0.6 is 0 Å². The molecule has 1 N–H and O–H groups in total. The van der Waals surface area contributed by atoms with Crippen LogP contribution in [0.2, 0.25) is 0 Å². The van der Waals surface area contributed by atoms with E-state index in [2.05, 4.69) is 23.8 Å². The molecule has 0 unspecified atom stereocenters. The van der Waals surface area contributed by atoms with Gasteiger partial charge in [0.05, 0.1) is 12.0 Å². The highest BCUT2D eigenvalue weighted by Crippen LogP contribution is 2.28. The molecule has 1 atom stereocenters. The zero-order valence-corrected chi connectivity index (χ0v) is 16.8. The minimum Gasteiger partial charge on any atom is -0.497 e. The Kier molecular flexibility index (Phi) is 5.59. The van der Waals surface area contributed by atoms with E-state index >= 15 is 0 Å². The number of nitrogens with one attached hydrogen (secondary N) is 1. The first-order chi connectivity index (χ1) is 11.6. The van der Waals surface area contributed by atoms with Crippen LogP contribution in [0.25, 0.3) is 0 Å². The van der Waals surface area contributed by atoms with Gasteiger partial charge >= 0.3 is 0 Å². The van der Waals surface area contributed by atoms with Crippen molar-refractivity contribution in [3.63, 3.8) is 0 Å². The molecule has 2 aromatic rings. The largest absolute Gasteiger partial charge is 0.497 e. The lowest BCUT2D eigenvalue weighted by molar-refractivity contribution is 0.413. The first-order valence-corrected chi connectivity index (χ1v) is 9.80. The van der Waals surface area contributed by atoms with Crippen LogP contribution in [0.15, 0.2) is 29.2 Å². The second-order valence-electron chi connectivity index (χ2n) is 6.73. The van der Waals surface area contributed by atoms with E-state index in [-0.39, 0.29) is 6.04 Å². The van der Waals surface area contributed by atoms with Gasteiger partial charge in [0.2, 0.25) is 10.0 Å². The Morgan fingerprint density at radius 2 is 1.36 bits per heavy atom. The standard InChI is InChI=1S/C20H27NO3S/c1-12-8-14(3)19(11-13(12)2)17(6)21-25(22,23)20-15(4)9-18(24-7)10-16(20)5/h8-11,17,21H,1-7H3/t17-/m1/s1. The zero-order valence-electron chi connectivity index (χ0n) is 16.0. The fraction of sp³-hybridized carbons (Fsp3) is 0.400. The van der Waals surface area contributed by atoms with Crippen molar-refractivity contribution < 1.29 is 13.2 Å². The molecular formula is C20H27NO3S. The molecule has 5 heteroatoms. The van der Waals surface area contributed by atoms with Crippen molar-refractivity contribution in [1.29, 1.82) is 0 Å². The molecule has 0 heterocycles. The van der Waals surface area contributed by atoms with E-state index in [0.29, 0.717) is 21.8 Å². The van der Waals surface area contributed by atoms with Crippen LogP contribution < -0.4 is 9.46 Å². The molecule has 0 amide bonds. The van der Waals surface area contributed by atoms with Crippen LogP contribution in [-0.4, -0.2) is 15.5 Å². The van der Waals surface area contributed by atoms with Crippen LogP contribution in [0.5, 0.6) is 5.75 Å². The third-order valence-corrected chi connectivity index (χ3v) is 6.46. The monoisotopic (exact) mass is 361 g/mol. The third-order valence-electron chi connectivity index (χ3n) is 4.62. The lowest BCUT2D eigenvalue weighted by Gasteiger charge is -2.20. The molecule has 2 aromatic carbocycles. The lowest BCUT2D eigenvalue weighted by Crippen LogP contribution is -2.28. The van der Waals surface area contributed by atoms with E-state index in [1.807, 2.05) is 20.8 Å². The van der Waals surface area contributed by atoms with Crippen molar-refractivity contribution in [3.8, 4) is 5.75 Å². The third kappa shape index (κ3) is 4.05. The zero-order chi connectivity index (χ0) is 18.9. The number of hydrogen-bond donors (Lipinski definition) is 1. The fourth-order valence-corrected chi connectivity index (χ4v) is 4.93. The molecule has 0 aliphatic heterocycles. The molecule has 4 nitrogen and oxygen atoms in total. The normalized spacial score (nSPS) is 12.9. The van der Waals surface area contributed by atoms with Crippen molar-refractivity contribution >= 4 is 10.0 Å². The molecule has 0 aromatic heterocycles. The number of rotatable bonds is 5. The molecule has 0 saturated carbocycles. The Morgan fingerprint density at radius 3 is 1.88 bits per heavy atom. The van der Waals surface area contributed by atoms with Crippen LogP contribution in [-0.2, 0) is 10.0 Å². The molecule has 0 radical (unpaired) electrons. The molecule has 0 fully saturated rings. The topological polar surface area (TPSA) is 55.4 Å². The highest BCUT2D eigenvalue weighted by atomic mass is 32.2. The van der Waals surface area contributed by atoms with Gasteiger partial charge in [-0.25, -0.2) is 13.1 Å². The lowest BCUT2D eigenvalue weighted by atomic mass is 9.97. The van der Waals surface area contributed by atoms with Gasteiger partial charge in [-0.2, -0.15) is 0 Å². The van der Waals surface area contributed by atoms with Gasteiger partial charge in [0.25, 0.3) is 0 Å². The van der Waals surface area contributed by atoms with Crippen LogP contribution in [0, 0.1) is 34.6 Å². The summed E-state index contributed by atoms with van der Waals surface area (Å²) in [7, 11) is -2.06. The number of hydrogen-bond acceptors (Lipinski definition) is 3. The quantitative estimate of drug-likeness (QED) is 0.865. The average molecular weight is 362 g/mol. The van der Waals surface area contributed by atoms with Crippen molar-refractivity contribution in [3.05, 3.63) is 57.6 Å². The summed E-state index contributed by atoms with van der Waals surface area (Å²) in [5, 5.41) is 0. The summed E-state index contributed by atoms with van der Waals surface area (Å²) in [5.41, 5.74) is 5.79. The van der Waals surface area contributed by atoms with Gasteiger partial charge in [-0.05, 0) is 87.1 Å². The second kappa shape index (κ2) is 7.18. The van der Waals surface area contributed by atoms with Crippen molar-refractivity contribution in [1.82, 2.24) is 4.72 Å². The van der Waals surface area contributed by atoms with Gasteiger partial charge < -0.3 is 4.74 Å². The van der Waals surface area contributed by atoms with E-state index in [1.165, 1.54) is 5.56 Å². The summed E-state index contributed by atoms with van der Waals surface area (Å²) in [5.74, 6) is 0.659. The summed E-state index contributed by atoms with van der Waals surface area (Å²) in [6.45, 7) is 11.6. The van der Waals surface area contributed by atoms with Crippen LogP contribution in [0.1, 0.15) is 46.3 Å². The van der Waals surface area contributed by atoms with Gasteiger partial charge in [0, 0.05) is 6.04 Å². The van der Waals surface area contributed by atoms with Crippen molar-refractivity contribution in [2.75, 3.05) is 7.11 Å². The summed E-state index contributed by atoms with van der Waals surface area (Å²) < 4.78 is 34.0. The minimum absolute atomic E-state index is 0.315. The van der Waals surface area contributed by atoms with Crippen LogP contribution in [0.4, 0.5) is 0 Å². The highest BCUT2D eigenvalue weighted by molar-refractivity contribution is 7.89. The Hall–Kier alpha value is -1.85. The molecule has 0 bridgehead atoms. The maximum Gasteiger partial charge on any atom is 0.241 e. The van der Waals surface area contributed by atoms with E-state index in [0.717, 1.165) is 16.7 Å². The Labute approximate surface area is 151 Å². The highest BCUT2D eigenvalue weighted by Gasteiger charge is 2.24. The van der Waals surface area contributed by atoms with Crippen LogP contribution in [0.3, 0.4) is 0 Å². The molecule has 0 aliphatic carbocycles. The van der Waals surface area contributed by atoms with Gasteiger partial charge in [-0.3, -0.25) is 0 Å². The predicted molar refractivity (Wildman–Crippen MR) is 102 cm³/mol. The summed E-state index contributed by atoms with van der Waals surface area (Å²) >= 11 is 0. The molecule has 136 valence electrons. The molecule has 0 aliphatic rings. The molecule has 0 spiro atoms. The van der Waals surface area contributed by atoms with E-state index in [1.54, 1.807) is 33.1 Å². The molecular weight excluding hydrogens is 334 g/mol. The predicted octanol–water partition coefficient (Wildman–Crippen LogP) is 4.28. The maximum absolute atomic E-state index is 13.0. The van der Waals surface area contributed by atoms with Crippen molar-refractivity contribution in [2.24, 2.45) is 0 Å². The first-order valence-electron chi connectivity index (χ1n) is 8.32. The maximum atomic E-state index is 13.0. The number of aryl methyl sites for hydroxylation is 5.